The second kappa shape index (κ2) is 7.88. The highest BCUT2D eigenvalue weighted by atomic mass is 16.5. The molecule has 2 fully saturated rings. The number of benzene rings is 1. The Kier molecular flexibility index (Phi) is 5.61. The number of amides is 2. The summed E-state index contributed by atoms with van der Waals surface area (Å²) in [7, 11) is 1.63. The van der Waals surface area contributed by atoms with Crippen LogP contribution in [0.4, 0.5) is 10.5 Å². The average Bonchev–Trinajstić information content (AvgIpc) is 3.06. The van der Waals surface area contributed by atoms with Crippen molar-refractivity contribution >= 4 is 11.7 Å². The van der Waals surface area contributed by atoms with Gasteiger partial charge in [0, 0.05) is 19.6 Å². The minimum absolute atomic E-state index is 0.0155. The van der Waals surface area contributed by atoms with E-state index in [1.807, 2.05) is 30.0 Å². The number of likely N-dealkylation sites (tertiary alicyclic amines) is 2. The van der Waals surface area contributed by atoms with E-state index in [-0.39, 0.29) is 6.03 Å². The minimum atomic E-state index is -0.0155. The molecule has 2 amide bonds. The lowest BCUT2D eigenvalue weighted by atomic mass is 10.1. The molecule has 2 aliphatic heterocycles. The Morgan fingerprint density at radius 2 is 2.04 bits per heavy atom. The highest BCUT2D eigenvalue weighted by molar-refractivity contribution is 5.91. The molecule has 1 aromatic rings. The van der Waals surface area contributed by atoms with Gasteiger partial charge in [0.05, 0.1) is 12.8 Å². The van der Waals surface area contributed by atoms with Crippen molar-refractivity contribution < 1.29 is 9.53 Å². The summed E-state index contributed by atoms with van der Waals surface area (Å²) in [5, 5.41) is 3.00. The van der Waals surface area contributed by atoms with E-state index in [1.54, 1.807) is 7.11 Å². The Hall–Kier alpha value is -1.75. The number of nitrogens with zero attached hydrogens (tertiary/aromatic N) is 2. The highest BCUT2D eigenvalue weighted by Gasteiger charge is 2.28. The molecular formula is C19H29N3O2. The largest absolute Gasteiger partial charge is 0.495 e. The van der Waals surface area contributed by atoms with Gasteiger partial charge >= 0.3 is 6.03 Å². The Balaban J connectivity index is 1.53. The van der Waals surface area contributed by atoms with E-state index >= 15 is 0 Å². The van der Waals surface area contributed by atoms with E-state index < -0.39 is 0 Å². The minimum Gasteiger partial charge on any atom is -0.495 e. The van der Waals surface area contributed by atoms with Crippen LogP contribution in [-0.4, -0.2) is 55.7 Å². The van der Waals surface area contributed by atoms with Gasteiger partial charge < -0.3 is 19.9 Å². The summed E-state index contributed by atoms with van der Waals surface area (Å²) in [6, 6.07) is 5.83. The van der Waals surface area contributed by atoms with Crippen LogP contribution < -0.4 is 10.1 Å². The Bertz CT molecular complexity index is 570. The van der Waals surface area contributed by atoms with Crippen molar-refractivity contribution in [2.75, 3.05) is 45.2 Å². The summed E-state index contributed by atoms with van der Waals surface area (Å²) in [5.41, 5.74) is 1.86. The fourth-order valence-electron chi connectivity index (χ4n) is 3.77. The third-order valence-electron chi connectivity index (χ3n) is 5.14. The molecule has 0 saturated carbocycles. The molecule has 2 aliphatic rings. The Morgan fingerprint density at radius 1 is 1.25 bits per heavy atom. The van der Waals surface area contributed by atoms with Crippen molar-refractivity contribution in [2.45, 2.75) is 32.6 Å². The average molecular weight is 331 g/mol. The number of carbonyl (C=O) groups excluding carboxylic acids is 1. The number of methoxy groups -OCH3 is 1. The van der Waals surface area contributed by atoms with E-state index in [4.69, 9.17) is 4.74 Å². The first-order valence-corrected chi connectivity index (χ1v) is 9.08. The highest BCUT2D eigenvalue weighted by Crippen LogP contribution is 2.27. The first-order chi connectivity index (χ1) is 11.7. The molecule has 0 unspecified atom stereocenters. The van der Waals surface area contributed by atoms with Crippen LogP contribution in [0.1, 0.15) is 31.2 Å². The van der Waals surface area contributed by atoms with E-state index in [9.17, 15) is 4.79 Å². The van der Waals surface area contributed by atoms with Crippen LogP contribution >= 0.6 is 0 Å². The summed E-state index contributed by atoms with van der Waals surface area (Å²) in [4.78, 5) is 17.1. The number of rotatable bonds is 4. The molecule has 0 radical (unpaired) electrons. The van der Waals surface area contributed by atoms with Gasteiger partial charge in [-0.15, -0.1) is 0 Å². The standard InChI is InChI=1S/C19H29N3O2/c1-15-6-7-17(18(12-15)24-2)20-19(23)22-11-8-16(14-22)13-21-9-4-3-5-10-21/h6-7,12,16H,3-5,8-11,13-14H2,1-2H3,(H,20,23)/t16-/m1/s1. The molecule has 1 N–H and O–H groups in total. The van der Waals surface area contributed by atoms with Crippen molar-refractivity contribution in [1.82, 2.24) is 9.80 Å². The number of hydrogen-bond donors (Lipinski definition) is 1. The maximum absolute atomic E-state index is 12.6. The van der Waals surface area contributed by atoms with Gasteiger partial charge in [0.15, 0.2) is 0 Å². The van der Waals surface area contributed by atoms with Gasteiger partial charge in [0.25, 0.3) is 0 Å². The topological polar surface area (TPSA) is 44.8 Å². The molecule has 3 rings (SSSR count). The van der Waals surface area contributed by atoms with Crippen LogP contribution in [0.5, 0.6) is 5.75 Å². The second-order valence-corrected chi connectivity index (χ2v) is 7.10. The summed E-state index contributed by atoms with van der Waals surface area (Å²) >= 11 is 0. The number of urea groups is 1. The molecule has 1 aromatic carbocycles. The molecule has 0 aromatic heterocycles. The van der Waals surface area contributed by atoms with Gasteiger partial charge in [-0.25, -0.2) is 4.79 Å². The van der Waals surface area contributed by atoms with Crippen LogP contribution in [0.25, 0.3) is 0 Å². The maximum Gasteiger partial charge on any atom is 0.321 e. The predicted octanol–water partition coefficient (Wildman–Crippen LogP) is 3.34. The molecule has 24 heavy (non-hydrogen) atoms. The van der Waals surface area contributed by atoms with Crippen molar-refractivity contribution in [3.8, 4) is 5.75 Å². The molecule has 1 atom stereocenters. The van der Waals surface area contributed by atoms with Gasteiger partial charge in [0.1, 0.15) is 5.75 Å². The number of carbonyl (C=O) groups is 1. The number of anilines is 1. The fraction of sp³-hybridized carbons (Fsp3) is 0.632. The Labute approximate surface area is 145 Å². The van der Waals surface area contributed by atoms with Gasteiger partial charge in [-0.3, -0.25) is 0 Å². The van der Waals surface area contributed by atoms with Crippen LogP contribution in [0.2, 0.25) is 0 Å². The molecule has 2 heterocycles. The zero-order valence-electron chi connectivity index (χ0n) is 14.9. The number of hydrogen-bond acceptors (Lipinski definition) is 3. The predicted molar refractivity (Wildman–Crippen MR) is 96.7 cm³/mol. The molecule has 5 heteroatoms. The summed E-state index contributed by atoms with van der Waals surface area (Å²) in [6.07, 6.45) is 5.12. The lowest BCUT2D eigenvalue weighted by molar-refractivity contribution is 0.192. The van der Waals surface area contributed by atoms with Gasteiger partial charge in [-0.1, -0.05) is 12.5 Å². The van der Waals surface area contributed by atoms with Crippen LogP contribution in [0.3, 0.4) is 0 Å². The molecule has 0 bridgehead atoms. The fourth-order valence-corrected chi connectivity index (χ4v) is 3.77. The van der Waals surface area contributed by atoms with Crippen LogP contribution in [0, 0.1) is 12.8 Å². The maximum atomic E-state index is 12.6. The smallest absolute Gasteiger partial charge is 0.321 e. The normalized spacial score (nSPS) is 21.8. The zero-order chi connectivity index (χ0) is 16.9. The number of piperidine rings is 1. The first-order valence-electron chi connectivity index (χ1n) is 9.08. The third-order valence-corrected chi connectivity index (χ3v) is 5.14. The summed E-state index contributed by atoms with van der Waals surface area (Å²) in [5.74, 6) is 1.32. The first kappa shape index (κ1) is 17.1. The van der Waals surface area contributed by atoms with Crippen molar-refractivity contribution in [3.63, 3.8) is 0 Å². The van der Waals surface area contributed by atoms with E-state index in [1.165, 1.54) is 32.4 Å². The molecule has 132 valence electrons. The van der Waals surface area contributed by atoms with Crippen molar-refractivity contribution in [1.29, 1.82) is 0 Å². The molecule has 2 saturated heterocycles. The van der Waals surface area contributed by atoms with Gasteiger partial charge in [-0.2, -0.15) is 0 Å². The number of ether oxygens (including phenoxy) is 1. The van der Waals surface area contributed by atoms with Crippen molar-refractivity contribution in [3.05, 3.63) is 23.8 Å². The van der Waals surface area contributed by atoms with E-state index in [0.29, 0.717) is 11.7 Å². The van der Waals surface area contributed by atoms with E-state index in [2.05, 4.69) is 10.2 Å². The molecule has 0 spiro atoms. The zero-order valence-corrected chi connectivity index (χ0v) is 14.9. The monoisotopic (exact) mass is 331 g/mol. The quantitative estimate of drug-likeness (QED) is 0.920. The molecule has 0 aliphatic carbocycles. The van der Waals surface area contributed by atoms with Crippen LogP contribution in [0.15, 0.2) is 18.2 Å². The van der Waals surface area contributed by atoms with E-state index in [0.717, 1.165) is 37.3 Å². The summed E-state index contributed by atoms with van der Waals surface area (Å²) < 4.78 is 5.37. The molecule has 5 nitrogen and oxygen atoms in total. The lowest BCUT2D eigenvalue weighted by Crippen LogP contribution is -2.37. The number of nitrogens with one attached hydrogen (secondary N) is 1. The summed E-state index contributed by atoms with van der Waals surface area (Å²) in [6.45, 7) is 7.30. The Morgan fingerprint density at radius 3 is 2.79 bits per heavy atom. The second-order valence-electron chi connectivity index (χ2n) is 7.10. The van der Waals surface area contributed by atoms with Crippen molar-refractivity contribution in [2.24, 2.45) is 5.92 Å². The SMILES string of the molecule is COc1cc(C)ccc1NC(=O)N1CC[C@H](CN2CCCCC2)C1. The van der Waals surface area contributed by atoms with Gasteiger partial charge in [0.2, 0.25) is 0 Å². The van der Waals surface area contributed by atoms with Gasteiger partial charge in [-0.05, 0) is 62.9 Å². The number of aryl methyl sites for hydroxylation is 1. The molecular weight excluding hydrogens is 302 g/mol. The van der Waals surface area contributed by atoms with Crippen LogP contribution in [-0.2, 0) is 0 Å². The third kappa shape index (κ3) is 4.20. The lowest BCUT2D eigenvalue weighted by Gasteiger charge is -2.29.